The first-order valence-electron chi connectivity index (χ1n) is 2.38. The molecule has 0 amide bonds. The molecule has 0 aliphatic heterocycles. The van der Waals surface area contributed by atoms with E-state index in [4.69, 9.17) is 10.4 Å². The molecule has 0 bridgehead atoms. The third kappa shape index (κ3) is 7.76. The summed E-state index contributed by atoms with van der Waals surface area (Å²) in [4.78, 5) is 0. The van der Waals surface area contributed by atoms with Crippen LogP contribution >= 0.6 is 11.8 Å². The average molecular weight is 149 g/mol. The van der Waals surface area contributed by atoms with Crippen LogP contribution in [0.2, 0.25) is 0 Å². The minimum absolute atomic E-state index is 0. The highest BCUT2D eigenvalue weighted by atomic mass is 32.2. The Morgan fingerprint density at radius 3 is 2.67 bits per heavy atom. The van der Waals surface area contributed by atoms with Gasteiger partial charge in [0, 0.05) is 0 Å². The van der Waals surface area contributed by atoms with Gasteiger partial charge in [0.25, 0.3) is 0 Å². The van der Waals surface area contributed by atoms with Crippen molar-refractivity contribution in [2.75, 3.05) is 12.0 Å². The van der Waals surface area contributed by atoms with E-state index in [2.05, 4.69) is 0 Å². The zero-order chi connectivity index (χ0) is 6.41. The average Bonchev–Trinajstić information content (AvgIpc) is 1.83. The maximum absolute atomic E-state index is 8.61. The lowest BCUT2D eigenvalue weighted by Crippen LogP contribution is -2.02. The Morgan fingerprint density at radius 2 is 2.33 bits per heavy atom. The van der Waals surface area contributed by atoms with E-state index in [1.807, 2.05) is 6.26 Å². The van der Waals surface area contributed by atoms with Gasteiger partial charge in [-0.1, -0.05) is 0 Å². The quantitative estimate of drug-likeness (QED) is 0.564. The van der Waals surface area contributed by atoms with Crippen LogP contribution in [0.5, 0.6) is 0 Å². The summed E-state index contributed by atoms with van der Waals surface area (Å²) in [5.41, 5.74) is 0. The lowest BCUT2D eigenvalue weighted by Gasteiger charge is -1.95. The molecule has 0 saturated carbocycles. The summed E-state index contributed by atoms with van der Waals surface area (Å²) in [7, 11) is 0. The van der Waals surface area contributed by atoms with Crippen molar-refractivity contribution < 1.29 is 10.6 Å². The Morgan fingerprint density at radius 1 is 1.78 bits per heavy atom. The van der Waals surface area contributed by atoms with Crippen LogP contribution in [0.15, 0.2) is 0 Å². The molecule has 3 nitrogen and oxygen atoms in total. The van der Waals surface area contributed by atoms with E-state index in [1.165, 1.54) is 0 Å². The maximum atomic E-state index is 8.61. The summed E-state index contributed by atoms with van der Waals surface area (Å²) in [6.07, 6.45) is 1.77. The van der Waals surface area contributed by atoms with Crippen LogP contribution in [0.3, 0.4) is 0 Å². The van der Waals surface area contributed by atoms with Crippen LogP contribution < -0.4 is 0 Å². The van der Waals surface area contributed by atoms with Gasteiger partial charge in [0.05, 0.1) is 6.07 Å². The van der Waals surface area contributed by atoms with Crippen LogP contribution in [-0.2, 0) is 0 Å². The number of nitrogens with zero attached hydrogens (tertiary/aromatic N) is 1. The van der Waals surface area contributed by atoms with Crippen molar-refractivity contribution in [3.05, 3.63) is 0 Å². The van der Waals surface area contributed by atoms with E-state index in [-0.39, 0.29) is 5.48 Å². The van der Waals surface area contributed by atoms with Crippen LogP contribution in [0.1, 0.15) is 6.42 Å². The van der Waals surface area contributed by atoms with E-state index in [1.54, 1.807) is 17.8 Å². The molecule has 0 aliphatic rings. The molecule has 54 valence electrons. The van der Waals surface area contributed by atoms with Crippen molar-refractivity contribution >= 4 is 11.8 Å². The molecule has 0 rings (SSSR count). The van der Waals surface area contributed by atoms with Crippen molar-refractivity contribution in [3.8, 4) is 6.07 Å². The third-order valence-electron chi connectivity index (χ3n) is 0.744. The Labute approximate surface area is 59.0 Å². The van der Waals surface area contributed by atoms with Gasteiger partial charge in [-0.25, -0.2) is 0 Å². The molecule has 1 atom stereocenters. The van der Waals surface area contributed by atoms with E-state index in [9.17, 15) is 0 Å². The van der Waals surface area contributed by atoms with E-state index in [0.717, 1.165) is 5.75 Å². The Balaban J connectivity index is 0. The molecule has 1 unspecified atom stereocenters. The van der Waals surface area contributed by atoms with Gasteiger partial charge in [0.2, 0.25) is 0 Å². The lowest BCUT2D eigenvalue weighted by atomic mass is 10.3. The first-order valence-corrected chi connectivity index (χ1v) is 3.77. The van der Waals surface area contributed by atoms with E-state index in [0.29, 0.717) is 6.42 Å². The summed E-state index contributed by atoms with van der Waals surface area (Å²) in [6, 6.07) is 1.74. The summed E-state index contributed by atoms with van der Waals surface area (Å²) in [6.45, 7) is 0. The molecule has 0 aromatic carbocycles. The molecule has 0 aromatic rings. The molecular formula is C5H11NO2S. The van der Waals surface area contributed by atoms with Crippen LogP contribution in [0.25, 0.3) is 0 Å². The highest BCUT2D eigenvalue weighted by Crippen LogP contribution is 1.98. The topological polar surface area (TPSA) is 75.5 Å². The third-order valence-corrected chi connectivity index (χ3v) is 1.39. The molecule has 0 aromatic heterocycles. The fourth-order valence-corrected chi connectivity index (χ4v) is 0.753. The van der Waals surface area contributed by atoms with Crippen molar-refractivity contribution in [2.24, 2.45) is 0 Å². The normalized spacial score (nSPS) is 11.2. The van der Waals surface area contributed by atoms with Gasteiger partial charge in [0.15, 0.2) is 0 Å². The van der Waals surface area contributed by atoms with Gasteiger partial charge in [-0.15, -0.1) is 0 Å². The minimum Gasteiger partial charge on any atom is -0.412 e. The van der Waals surface area contributed by atoms with Gasteiger partial charge in [-0.2, -0.15) is 17.0 Å². The summed E-state index contributed by atoms with van der Waals surface area (Å²) < 4.78 is 0. The standard InChI is InChI=1S/C5H9NOS.H2O/c1-8-3-2-5(7)4-6;/h5,7H,2-3H2,1H3;1H2. The van der Waals surface area contributed by atoms with Crippen LogP contribution in [0.4, 0.5) is 0 Å². The molecule has 9 heavy (non-hydrogen) atoms. The molecule has 0 radical (unpaired) electrons. The fourth-order valence-electron chi connectivity index (χ4n) is 0.294. The molecule has 0 aliphatic carbocycles. The second-order valence-electron chi connectivity index (χ2n) is 1.43. The Bertz CT molecular complexity index is 91.4. The highest BCUT2D eigenvalue weighted by Gasteiger charge is 1.97. The van der Waals surface area contributed by atoms with Gasteiger partial charge in [-0.05, 0) is 18.4 Å². The Kier molecular flexibility index (Phi) is 9.95. The summed E-state index contributed by atoms with van der Waals surface area (Å²) >= 11 is 1.63. The number of rotatable bonds is 3. The molecule has 0 spiro atoms. The molecule has 3 N–H and O–H groups in total. The number of aliphatic hydroxyl groups excluding tert-OH is 1. The number of hydrogen-bond donors (Lipinski definition) is 1. The Hall–Kier alpha value is -0.240. The van der Waals surface area contributed by atoms with Crippen molar-refractivity contribution in [3.63, 3.8) is 0 Å². The predicted molar refractivity (Wildman–Crippen MR) is 38.2 cm³/mol. The second-order valence-corrected chi connectivity index (χ2v) is 2.41. The van der Waals surface area contributed by atoms with Crippen LogP contribution in [0, 0.1) is 11.3 Å². The van der Waals surface area contributed by atoms with Crippen molar-refractivity contribution in [1.29, 1.82) is 5.26 Å². The number of aliphatic hydroxyl groups is 1. The SMILES string of the molecule is CSCCC(O)C#N.O. The van der Waals surface area contributed by atoms with Crippen molar-refractivity contribution in [2.45, 2.75) is 12.5 Å². The van der Waals surface area contributed by atoms with Gasteiger partial charge < -0.3 is 10.6 Å². The number of nitriles is 1. The minimum atomic E-state index is -0.762. The zero-order valence-electron chi connectivity index (χ0n) is 5.29. The second kappa shape index (κ2) is 7.76. The molecule has 0 saturated heterocycles. The fraction of sp³-hybridized carbons (Fsp3) is 0.800. The summed E-state index contributed by atoms with van der Waals surface area (Å²) in [5.74, 6) is 0.856. The van der Waals surface area contributed by atoms with Gasteiger partial charge >= 0.3 is 0 Å². The molecule has 4 heteroatoms. The van der Waals surface area contributed by atoms with Gasteiger partial charge in [-0.3, -0.25) is 0 Å². The maximum Gasteiger partial charge on any atom is 0.141 e. The smallest absolute Gasteiger partial charge is 0.141 e. The van der Waals surface area contributed by atoms with Crippen LogP contribution in [-0.4, -0.2) is 28.7 Å². The number of hydrogen-bond acceptors (Lipinski definition) is 3. The molecule has 0 heterocycles. The zero-order valence-corrected chi connectivity index (χ0v) is 6.11. The monoisotopic (exact) mass is 149 g/mol. The summed E-state index contributed by atoms with van der Waals surface area (Å²) in [5, 5.41) is 16.7. The molecular weight excluding hydrogens is 138 g/mol. The molecule has 0 fully saturated rings. The van der Waals surface area contributed by atoms with E-state index < -0.39 is 6.10 Å². The number of thioether (sulfide) groups is 1. The van der Waals surface area contributed by atoms with E-state index >= 15 is 0 Å². The largest absolute Gasteiger partial charge is 0.412 e. The lowest BCUT2D eigenvalue weighted by molar-refractivity contribution is 0.227. The first-order chi connectivity index (χ1) is 3.81. The van der Waals surface area contributed by atoms with Crippen molar-refractivity contribution in [1.82, 2.24) is 0 Å². The first kappa shape index (κ1) is 11.5. The predicted octanol–water partition coefficient (Wildman–Crippen LogP) is -0.201. The highest BCUT2D eigenvalue weighted by molar-refractivity contribution is 7.98. The van der Waals surface area contributed by atoms with Gasteiger partial charge in [0.1, 0.15) is 6.10 Å².